The van der Waals surface area contributed by atoms with Gasteiger partial charge in [-0.25, -0.2) is 0 Å². The zero-order chi connectivity index (χ0) is 20.8. The highest BCUT2D eigenvalue weighted by atomic mass is 32.1. The summed E-state index contributed by atoms with van der Waals surface area (Å²) in [6.45, 7) is 6.81. The molecule has 0 N–H and O–H groups in total. The second-order valence-corrected chi connectivity index (χ2v) is 8.13. The lowest BCUT2D eigenvalue weighted by molar-refractivity contribution is -0.141. The fraction of sp³-hybridized carbons (Fsp3) is 0.391. The van der Waals surface area contributed by atoms with Crippen molar-refractivity contribution in [2.24, 2.45) is 0 Å². The molecule has 0 aliphatic carbocycles. The van der Waals surface area contributed by atoms with Crippen molar-refractivity contribution < 1.29 is 14.3 Å². The topological polar surface area (TPSA) is 49.9 Å². The van der Waals surface area contributed by atoms with Gasteiger partial charge in [-0.2, -0.15) is 0 Å². The molecule has 1 aromatic carbocycles. The maximum atomic E-state index is 13.3. The lowest BCUT2D eigenvalue weighted by Crippen LogP contribution is -2.46. The van der Waals surface area contributed by atoms with E-state index in [4.69, 9.17) is 4.74 Å². The molecule has 0 radical (unpaired) electrons. The van der Waals surface area contributed by atoms with E-state index in [1.54, 1.807) is 29.4 Å². The molecule has 2 heterocycles. The summed E-state index contributed by atoms with van der Waals surface area (Å²) in [6.07, 6.45) is 3.72. The van der Waals surface area contributed by atoms with Gasteiger partial charge in [-0.3, -0.25) is 9.59 Å². The number of nitrogens with zero attached hydrogens (tertiary/aromatic N) is 2. The first kappa shape index (κ1) is 21.1. The van der Waals surface area contributed by atoms with Gasteiger partial charge in [0, 0.05) is 24.4 Å². The Kier molecular flexibility index (Phi) is 7.09. The maximum Gasteiger partial charge on any atom is 0.243 e. The Labute approximate surface area is 176 Å². The Morgan fingerprint density at radius 2 is 2.07 bits per heavy atom. The number of thiophene rings is 1. The molecule has 0 bridgehead atoms. The summed E-state index contributed by atoms with van der Waals surface area (Å²) >= 11 is 1.74. The largest absolute Gasteiger partial charge is 0.497 e. The summed E-state index contributed by atoms with van der Waals surface area (Å²) in [6, 6.07) is 9.84. The van der Waals surface area contributed by atoms with Crippen molar-refractivity contribution >= 4 is 23.2 Å². The van der Waals surface area contributed by atoms with Crippen LogP contribution in [0, 0.1) is 0 Å². The van der Waals surface area contributed by atoms with Gasteiger partial charge in [0.05, 0.1) is 13.2 Å². The Balaban J connectivity index is 1.88. The van der Waals surface area contributed by atoms with Gasteiger partial charge in [-0.05, 0) is 47.5 Å². The number of carbonyl (C=O) groups excluding carboxylic acids is 2. The quantitative estimate of drug-likeness (QED) is 0.615. The first-order valence-corrected chi connectivity index (χ1v) is 10.8. The third kappa shape index (κ3) is 4.70. The molecule has 29 heavy (non-hydrogen) atoms. The molecule has 1 aliphatic rings. The predicted octanol–water partition coefficient (Wildman–Crippen LogP) is 4.05. The number of methoxy groups -OCH3 is 1. The monoisotopic (exact) mass is 412 g/mol. The smallest absolute Gasteiger partial charge is 0.243 e. The Morgan fingerprint density at radius 1 is 1.31 bits per heavy atom. The maximum absolute atomic E-state index is 13.3. The van der Waals surface area contributed by atoms with Gasteiger partial charge in [0.25, 0.3) is 0 Å². The minimum atomic E-state index is -0.143. The van der Waals surface area contributed by atoms with Crippen molar-refractivity contribution in [2.45, 2.75) is 32.2 Å². The Hall–Kier alpha value is -2.60. The van der Waals surface area contributed by atoms with Crippen LogP contribution in [0.4, 0.5) is 0 Å². The van der Waals surface area contributed by atoms with E-state index in [9.17, 15) is 9.59 Å². The third-order valence-corrected chi connectivity index (χ3v) is 6.21. The second-order valence-electron chi connectivity index (χ2n) is 7.12. The van der Waals surface area contributed by atoms with Crippen LogP contribution in [0.2, 0.25) is 0 Å². The van der Waals surface area contributed by atoms with Crippen molar-refractivity contribution in [1.29, 1.82) is 0 Å². The van der Waals surface area contributed by atoms with Crippen LogP contribution < -0.4 is 4.74 Å². The van der Waals surface area contributed by atoms with E-state index in [0.29, 0.717) is 19.5 Å². The van der Waals surface area contributed by atoms with Crippen LogP contribution in [0.3, 0.4) is 0 Å². The van der Waals surface area contributed by atoms with Crippen molar-refractivity contribution in [1.82, 2.24) is 9.80 Å². The second kappa shape index (κ2) is 9.74. The lowest BCUT2D eigenvalue weighted by atomic mass is 9.93. The number of carbonyl (C=O) groups is 2. The minimum Gasteiger partial charge on any atom is -0.497 e. The number of benzene rings is 1. The molecule has 5 nitrogen and oxygen atoms in total. The van der Waals surface area contributed by atoms with Crippen molar-refractivity contribution in [2.75, 3.05) is 26.7 Å². The minimum absolute atomic E-state index is 0.00465. The molecular formula is C23H28N2O3S. The van der Waals surface area contributed by atoms with Gasteiger partial charge in [0.1, 0.15) is 12.3 Å². The van der Waals surface area contributed by atoms with Crippen LogP contribution in [-0.4, -0.2) is 48.4 Å². The fourth-order valence-corrected chi connectivity index (χ4v) is 4.67. The molecule has 0 spiro atoms. The van der Waals surface area contributed by atoms with Crippen LogP contribution in [0.1, 0.15) is 41.8 Å². The molecule has 1 aliphatic heterocycles. The van der Waals surface area contributed by atoms with Gasteiger partial charge < -0.3 is 14.5 Å². The van der Waals surface area contributed by atoms with E-state index in [0.717, 1.165) is 24.2 Å². The van der Waals surface area contributed by atoms with Crippen molar-refractivity contribution in [3.8, 4) is 5.75 Å². The molecule has 2 amide bonds. The molecule has 1 aromatic heterocycles. The van der Waals surface area contributed by atoms with Gasteiger partial charge >= 0.3 is 0 Å². The van der Waals surface area contributed by atoms with E-state index < -0.39 is 0 Å². The molecule has 1 atom stereocenters. The SMILES string of the molecule is C=CCN(CC(=O)N1CCc2sccc2C1c1ccc(OC)cc1)C(=O)CCC. The normalized spacial score (nSPS) is 15.5. The summed E-state index contributed by atoms with van der Waals surface area (Å²) in [4.78, 5) is 30.6. The van der Waals surface area contributed by atoms with Crippen LogP contribution in [-0.2, 0) is 16.0 Å². The van der Waals surface area contributed by atoms with Crippen molar-refractivity contribution in [3.63, 3.8) is 0 Å². The molecule has 154 valence electrons. The van der Waals surface area contributed by atoms with Gasteiger partial charge in [0.2, 0.25) is 11.8 Å². The summed E-state index contributed by atoms with van der Waals surface area (Å²) in [5.74, 6) is 0.749. The van der Waals surface area contributed by atoms with Gasteiger partial charge in [0.15, 0.2) is 0 Å². The van der Waals surface area contributed by atoms with Crippen LogP contribution in [0.15, 0.2) is 48.4 Å². The van der Waals surface area contributed by atoms with Gasteiger partial charge in [-0.15, -0.1) is 17.9 Å². The van der Waals surface area contributed by atoms with Gasteiger partial charge in [-0.1, -0.05) is 25.1 Å². The van der Waals surface area contributed by atoms with Crippen LogP contribution in [0.25, 0.3) is 0 Å². The predicted molar refractivity (Wildman–Crippen MR) is 116 cm³/mol. The molecule has 6 heteroatoms. The van der Waals surface area contributed by atoms with E-state index in [1.807, 2.05) is 36.1 Å². The number of fused-ring (bicyclic) bond motifs is 1. The van der Waals surface area contributed by atoms with E-state index in [2.05, 4.69) is 18.0 Å². The number of amides is 2. The number of rotatable bonds is 8. The summed E-state index contributed by atoms with van der Waals surface area (Å²) in [5.41, 5.74) is 2.23. The third-order valence-electron chi connectivity index (χ3n) is 5.21. The van der Waals surface area contributed by atoms with Crippen LogP contribution >= 0.6 is 11.3 Å². The summed E-state index contributed by atoms with van der Waals surface area (Å²) < 4.78 is 5.28. The van der Waals surface area contributed by atoms with Crippen molar-refractivity contribution in [3.05, 3.63) is 64.4 Å². The Bertz CT molecular complexity index is 859. The Morgan fingerprint density at radius 3 is 2.72 bits per heavy atom. The van der Waals surface area contributed by atoms with E-state index in [-0.39, 0.29) is 24.4 Å². The zero-order valence-electron chi connectivity index (χ0n) is 17.1. The highest BCUT2D eigenvalue weighted by Gasteiger charge is 2.33. The molecule has 0 saturated carbocycles. The highest BCUT2D eigenvalue weighted by Crippen LogP contribution is 2.38. The number of hydrogen-bond acceptors (Lipinski definition) is 4. The molecule has 0 saturated heterocycles. The van der Waals surface area contributed by atoms with Crippen LogP contribution in [0.5, 0.6) is 5.75 Å². The number of ether oxygens (including phenoxy) is 1. The molecule has 0 fully saturated rings. The average Bonchev–Trinajstić information content (AvgIpc) is 3.21. The molecule has 1 unspecified atom stereocenters. The standard InChI is InChI=1S/C23H28N2O3S/c1-4-6-21(26)24(13-5-2)16-22(27)25-14-11-20-19(12-15-29-20)23(25)17-7-9-18(28-3)10-8-17/h5,7-10,12,15,23H,2,4,6,11,13-14,16H2,1,3H3. The fourth-order valence-electron chi connectivity index (χ4n) is 3.77. The molecular weight excluding hydrogens is 384 g/mol. The highest BCUT2D eigenvalue weighted by molar-refractivity contribution is 7.10. The first-order chi connectivity index (χ1) is 14.1. The molecule has 2 aromatic rings. The summed E-state index contributed by atoms with van der Waals surface area (Å²) in [7, 11) is 1.64. The van der Waals surface area contributed by atoms with E-state index in [1.165, 1.54) is 10.4 Å². The zero-order valence-corrected chi connectivity index (χ0v) is 17.9. The molecule has 3 rings (SSSR count). The van der Waals surface area contributed by atoms with E-state index >= 15 is 0 Å². The average molecular weight is 413 g/mol. The first-order valence-electron chi connectivity index (χ1n) is 9.97. The summed E-state index contributed by atoms with van der Waals surface area (Å²) in [5, 5.41) is 2.09. The number of hydrogen-bond donors (Lipinski definition) is 0. The lowest BCUT2D eigenvalue weighted by Gasteiger charge is -2.37.